The van der Waals surface area contributed by atoms with Crippen LogP contribution in [0.2, 0.25) is 0 Å². The average Bonchev–Trinajstić information content (AvgIpc) is 2.82. The van der Waals surface area contributed by atoms with E-state index in [9.17, 15) is 4.39 Å². The van der Waals surface area contributed by atoms with Gasteiger partial charge in [-0.3, -0.25) is 0 Å². The molecule has 20 heavy (non-hydrogen) atoms. The van der Waals surface area contributed by atoms with Gasteiger partial charge >= 0.3 is 0 Å². The summed E-state index contributed by atoms with van der Waals surface area (Å²) in [6, 6.07) is 6.73. The smallest absolute Gasteiger partial charge is 0.123 e. The minimum atomic E-state index is -0.231. The number of nitrogens with zero attached hydrogens (tertiary/aromatic N) is 1. The molecule has 2 heterocycles. The van der Waals surface area contributed by atoms with Crippen LogP contribution >= 0.6 is 23.7 Å². The highest BCUT2D eigenvalue weighted by molar-refractivity contribution is 7.12. The molecule has 1 fully saturated rings. The summed E-state index contributed by atoms with van der Waals surface area (Å²) in [6.45, 7) is 4.26. The van der Waals surface area contributed by atoms with Crippen molar-refractivity contribution in [3.8, 4) is 11.3 Å². The van der Waals surface area contributed by atoms with Crippen LogP contribution in [-0.2, 0) is 4.74 Å². The highest BCUT2D eigenvalue weighted by Crippen LogP contribution is 2.31. The lowest BCUT2D eigenvalue weighted by Gasteiger charge is -2.21. The van der Waals surface area contributed by atoms with Gasteiger partial charge in [0.15, 0.2) is 0 Å². The van der Waals surface area contributed by atoms with E-state index < -0.39 is 0 Å². The van der Waals surface area contributed by atoms with E-state index in [0.29, 0.717) is 6.61 Å². The van der Waals surface area contributed by atoms with Crippen molar-refractivity contribution in [3.05, 3.63) is 40.0 Å². The van der Waals surface area contributed by atoms with Gasteiger partial charge in [0, 0.05) is 17.0 Å². The molecule has 0 spiro atoms. The molecule has 1 aromatic carbocycles. The summed E-state index contributed by atoms with van der Waals surface area (Å²) in [5.41, 5.74) is 1.70. The van der Waals surface area contributed by atoms with Crippen molar-refractivity contribution in [2.24, 2.45) is 0 Å². The quantitative estimate of drug-likeness (QED) is 0.923. The highest BCUT2D eigenvalue weighted by atomic mass is 35.5. The van der Waals surface area contributed by atoms with Crippen LogP contribution in [0.3, 0.4) is 0 Å². The third-order valence-corrected chi connectivity index (χ3v) is 4.22. The van der Waals surface area contributed by atoms with Gasteiger partial charge in [-0.15, -0.1) is 23.7 Å². The maximum Gasteiger partial charge on any atom is 0.123 e. The molecule has 1 aliphatic heterocycles. The zero-order valence-electron chi connectivity index (χ0n) is 11.1. The molecule has 0 radical (unpaired) electrons. The topological polar surface area (TPSA) is 34.1 Å². The molecule has 0 bridgehead atoms. The molecule has 1 aliphatic rings. The molecule has 0 amide bonds. The number of rotatable bonds is 2. The van der Waals surface area contributed by atoms with Crippen molar-refractivity contribution in [2.75, 3.05) is 19.8 Å². The molecule has 0 aliphatic carbocycles. The Morgan fingerprint density at radius 2 is 2.30 bits per heavy atom. The first-order chi connectivity index (χ1) is 9.24. The van der Waals surface area contributed by atoms with Crippen molar-refractivity contribution >= 4 is 23.7 Å². The maximum atomic E-state index is 13.3. The predicted molar refractivity (Wildman–Crippen MR) is 81.1 cm³/mol. The molecule has 0 saturated carbocycles. The van der Waals surface area contributed by atoms with Crippen molar-refractivity contribution < 1.29 is 9.13 Å². The Balaban J connectivity index is 0.00000147. The van der Waals surface area contributed by atoms with E-state index in [1.165, 1.54) is 12.1 Å². The molecule has 1 aromatic heterocycles. The summed E-state index contributed by atoms with van der Waals surface area (Å²) in [5.74, 6) is -0.231. The second kappa shape index (κ2) is 6.63. The molecule has 1 saturated heterocycles. The third-order valence-electron chi connectivity index (χ3n) is 3.13. The van der Waals surface area contributed by atoms with E-state index in [-0.39, 0.29) is 24.3 Å². The summed E-state index contributed by atoms with van der Waals surface area (Å²) in [6.07, 6.45) is 0. The van der Waals surface area contributed by atoms with Gasteiger partial charge in [-0.2, -0.15) is 0 Å². The first-order valence-electron chi connectivity index (χ1n) is 6.28. The van der Waals surface area contributed by atoms with Gasteiger partial charge in [0.05, 0.1) is 24.9 Å². The zero-order chi connectivity index (χ0) is 13.2. The molecule has 1 unspecified atom stereocenters. The number of hydrogen-bond donors (Lipinski definition) is 1. The van der Waals surface area contributed by atoms with Gasteiger partial charge in [-0.1, -0.05) is 12.1 Å². The molecule has 1 atom stereocenters. The molecule has 3 nitrogen and oxygen atoms in total. The van der Waals surface area contributed by atoms with E-state index in [1.54, 1.807) is 17.4 Å². The predicted octanol–water partition coefficient (Wildman–Crippen LogP) is 3.34. The fourth-order valence-electron chi connectivity index (χ4n) is 2.19. The summed E-state index contributed by atoms with van der Waals surface area (Å²) in [5, 5.41) is 4.40. The Labute approximate surface area is 127 Å². The number of aryl methyl sites for hydroxylation is 1. The van der Waals surface area contributed by atoms with Crippen LogP contribution in [0, 0.1) is 12.7 Å². The maximum absolute atomic E-state index is 13.3. The van der Waals surface area contributed by atoms with Gasteiger partial charge in [0.2, 0.25) is 0 Å². The average molecular weight is 315 g/mol. The van der Waals surface area contributed by atoms with Crippen LogP contribution in [0.4, 0.5) is 4.39 Å². The standard InChI is InChI=1S/C14H15FN2OS.ClH/c1-9-13(10-3-2-4-11(15)7-10)17-14(19-9)12-8-18-6-5-16-12;/h2-4,7,12,16H,5-6,8H2,1H3;1H. The Bertz CT molecular complexity index is 584. The molecule has 6 heteroatoms. The molecular formula is C14H16ClFN2OS. The molecule has 108 valence electrons. The zero-order valence-corrected chi connectivity index (χ0v) is 12.7. The normalized spacial score (nSPS) is 18.6. The number of ether oxygens (including phenoxy) is 1. The van der Waals surface area contributed by atoms with Crippen LogP contribution < -0.4 is 5.32 Å². The Morgan fingerprint density at radius 1 is 1.45 bits per heavy atom. The number of morpholine rings is 1. The van der Waals surface area contributed by atoms with Gasteiger partial charge < -0.3 is 10.1 Å². The van der Waals surface area contributed by atoms with Crippen molar-refractivity contribution in [2.45, 2.75) is 13.0 Å². The van der Waals surface area contributed by atoms with Crippen LogP contribution in [0.1, 0.15) is 15.9 Å². The van der Waals surface area contributed by atoms with E-state index in [0.717, 1.165) is 34.3 Å². The first kappa shape index (κ1) is 15.4. The number of thiazole rings is 1. The van der Waals surface area contributed by atoms with Gasteiger partial charge in [0.25, 0.3) is 0 Å². The number of benzene rings is 1. The second-order valence-electron chi connectivity index (χ2n) is 4.55. The van der Waals surface area contributed by atoms with Gasteiger partial charge in [0.1, 0.15) is 10.8 Å². The third kappa shape index (κ3) is 3.17. The lowest BCUT2D eigenvalue weighted by molar-refractivity contribution is 0.0768. The van der Waals surface area contributed by atoms with Crippen LogP contribution in [-0.4, -0.2) is 24.7 Å². The monoisotopic (exact) mass is 314 g/mol. The van der Waals surface area contributed by atoms with E-state index in [2.05, 4.69) is 10.3 Å². The van der Waals surface area contributed by atoms with E-state index >= 15 is 0 Å². The number of nitrogens with one attached hydrogen (secondary N) is 1. The summed E-state index contributed by atoms with van der Waals surface area (Å²) in [4.78, 5) is 5.76. The molecule has 3 rings (SSSR count). The fourth-order valence-corrected chi connectivity index (χ4v) is 3.20. The number of halogens is 2. The van der Waals surface area contributed by atoms with Gasteiger partial charge in [-0.05, 0) is 19.1 Å². The lowest BCUT2D eigenvalue weighted by atomic mass is 10.1. The first-order valence-corrected chi connectivity index (χ1v) is 7.10. The molecule has 2 aromatic rings. The number of aromatic nitrogens is 1. The van der Waals surface area contributed by atoms with Crippen molar-refractivity contribution in [1.82, 2.24) is 10.3 Å². The van der Waals surface area contributed by atoms with Crippen LogP contribution in [0.5, 0.6) is 0 Å². The number of hydrogen-bond acceptors (Lipinski definition) is 4. The molecule has 1 N–H and O–H groups in total. The molecular weight excluding hydrogens is 299 g/mol. The minimum absolute atomic E-state index is 0. The van der Waals surface area contributed by atoms with Crippen molar-refractivity contribution in [1.29, 1.82) is 0 Å². The Hall–Kier alpha value is -1.01. The highest BCUT2D eigenvalue weighted by Gasteiger charge is 2.20. The largest absolute Gasteiger partial charge is 0.378 e. The summed E-state index contributed by atoms with van der Waals surface area (Å²) in [7, 11) is 0. The Morgan fingerprint density at radius 3 is 3.00 bits per heavy atom. The van der Waals surface area contributed by atoms with Crippen LogP contribution in [0.25, 0.3) is 11.3 Å². The van der Waals surface area contributed by atoms with Crippen molar-refractivity contribution in [3.63, 3.8) is 0 Å². The second-order valence-corrected chi connectivity index (χ2v) is 5.78. The summed E-state index contributed by atoms with van der Waals surface area (Å²) < 4.78 is 18.7. The van der Waals surface area contributed by atoms with E-state index in [1.807, 2.05) is 13.0 Å². The summed E-state index contributed by atoms with van der Waals surface area (Å²) >= 11 is 1.65. The van der Waals surface area contributed by atoms with E-state index in [4.69, 9.17) is 4.74 Å². The minimum Gasteiger partial charge on any atom is -0.378 e. The Kier molecular flexibility index (Phi) is 5.10. The lowest BCUT2D eigenvalue weighted by Crippen LogP contribution is -2.34. The van der Waals surface area contributed by atoms with Gasteiger partial charge in [-0.25, -0.2) is 9.37 Å². The SMILES string of the molecule is Cc1sc(C2COCCN2)nc1-c1cccc(F)c1.Cl. The van der Waals surface area contributed by atoms with Crippen LogP contribution in [0.15, 0.2) is 24.3 Å². The fraction of sp³-hybridized carbons (Fsp3) is 0.357.